The number of nitrogen functional groups attached to an aromatic ring is 1. The third kappa shape index (κ3) is 5.81. The number of carbonyl (C=O) groups is 1. The first kappa shape index (κ1) is 25.8. The molecule has 0 amide bonds. The van der Waals surface area contributed by atoms with Gasteiger partial charge in [-0.2, -0.15) is 10.1 Å². The summed E-state index contributed by atoms with van der Waals surface area (Å²) >= 11 is 0. The van der Waals surface area contributed by atoms with Crippen LogP contribution in [0.4, 0.5) is 5.82 Å². The Kier molecular flexibility index (Phi) is 8.08. The molecule has 1 aliphatic rings. The van der Waals surface area contributed by atoms with Crippen molar-refractivity contribution in [3.05, 3.63) is 53.1 Å². The molecule has 0 bridgehead atoms. The number of anilines is 1. The summed E-state index contributed by atoms with van der Waals surface area (Å²) in [5, 5.41) is 23.5. The fourth-order valence-electron chi connectivity index (χ4n) is 3.37. The number of aliphatic hydroxyl groups is 2. The molecule has 0 spiro atoms. The van der Waals surface area contributed by atoms with E-state index < -0.39 is 56.1 Å². The smallest absolute Gasteiger partial charge is 0.459 e. The summed E-state index contributed by atoms with van der Waals surface area (Å²) in [6.45, 7) is 2.83. The molecule has 1 fully saturated rings. The lowest BCUT2D eigenvalue weighted by Crippen LogP contribution is -2.41. The van der Waals surface area contributed by atoms with Crippen molar-refractivity contribution in [1.29, 1.82) is 0 Å². The number of hydrogen-bond donors (Lipinski definition) is 4. The Bertz CT molecular complexity index is 1100. The van der Waals surface area contributed by atoms with Crippen LogP contribution in [0.5, 0.6) is 5.75 Å². The average Bonchev–Trinajstić information content (AvgIpc) is 3.08. The third-order valence-electron chi connectivity index (χ3n) is 5.04. The van der Waals surface area contributed by atoms with Crippen molar-refractivity contribution >= 4 is 19.5 Å². The van der Waals surface area contributed by atoms with Crippen LogP contribution in [-0.4, -0.2) is 63.3 Å². The summed E-state index contributed by atoms with van der Waals surface area (Å²) in [5.41, 5.74) is 4.69. The van der Waals surface area contributed by atoms with Crippen LogP contribution < -0.4 is 21.0 Å². The van der Waals surface area contributed by atoms with Gasteiger partial charge in [-0.15, -0.1) is 0 Å². The molecular formula is C20H27N4O9P. The SMILES string of the molecule is COC(=O)[C@H](C)NP(=O)(Oc1ccccc1)O[C@@H](C)[C@H]1O[C@@H](n2ccc(N)nc2=O)[C@H](O)[C@@H]1O. The highest BCUT2D eigenvalue weighted by molar-refractivity contribution is 7.52. The lowest BCUT2D eigenvalue weighted by Gasteiger charge is -2.28. The van der Waals surface area contributed by atoms with E-state index in [9.17, 15) is 24.4 Å². The summed E-state index contributed by atoms with van der Waals surface area (Å²) in [5.74, 6) is -0.545. The molecule has 2 aromatic rings. The van der Waals surface area contributed by atoms with Crippen molar-refractivity contribution in [2.75, 3.05) is 12.8 Å². The van der Waals surface area contributed by atoms with Crippen molar-refractivity contribution < 1.29 is 38.1 Å². The molecular weight excluding hydrogens is 471 g/mol. The van der Waals surface area contributed by atoms with Gasteiger partial charge >= 0.3 is 19.4 Å². The molecule has 1 aliphatic heterocycles. The van der Waals surface area contributed by atoms with Gasteiger partial charge in [0.15, 0.2) is 6.23 Å². The number of nitrogens with zero attached hydrogens (tertiary/aromatic N) is 2. The topological polar surface area (TPSA) is 184 Å². The Balaban J connectivity index is 1.82. The number of aliphatic hydroxyl groups excluding tert-OH is 2. The van der Waals surface area contributed by atoms with Crippen LogP contribution in [0.25, 0.3) is 0 Å². The maximum absolute atomic E-state index is 13.6. The van der Waals surface area contributed by atoms with E-state index in [4.69, 9.17) is 19.5 Å². The second-order valence-electron chi connectivity index (χ2n) is 7.60. The van der Waals surface area contributed by atoms with Gasteiger partial charge in [-0.1, -0.05) is 18.2 Å². The van der Waals surface area contributed by atoms with Gasteiger partial charge in [0, 0.05) is 6.20 Å². The summed E-state index contributed by atoms with van der Waals surface area (Å²) in [7, 11) is -3.08. The predicted molar refractivity (Wildman–Crippen MR) is 119 cm³/mol. The van der Waals surface area contributed by atoms with E-state index in [2.05, 4.69) is 14.8 Å². The Morgan fingerprint density at radius 2 is 1.91 bits per heavy atom. The minimum atomic E-state index is -4.25. The maximum atomic E-state index is 13.6. The molecule has 13 nitrogen and oxygen atoms in total. The van der Waals surface area contributed by atoms with Crippen molar-refractivity contribution in [2.45, 2.75) is 50.5 Å². The fourth-order valence-corrected chi connectivity index (χ4v) is 5.06. The number of esters is 1. The number of para-hydroxylation sites is 1. The molecule has 1 unspecified atom stereocenters. The monoisotopic (exact) mass is 498 g/mol. The zero-order chi connectivity index (χ0) is 25.0. The quantitative estimate of drug-likeness (QED) is 0.272. The van der Waals surface area contributed by atoms with Crippen LogP contribution in [0, 0.1) is 0 Å². The Labute approximate surface area is 195 Å². The van der Waals surface area contributed by atoms with Gasteiger partial charge in [-0.05, 0) is 32.0 Å². The number of hydrogen-bond acceptors (Lipinski definition) is 11. The van der Waals surface area contributed by atoms with Crippen LogP contribution in [0.3, 0.4) is 0 Å². The Morgan fingerprint density at radius 1 is 1.24 bits per heavy atom. The second kappa shape index (κ2) is 10.6. The van der Waals surface area contributed by atoms with E-state index in [-0.39, 0.29) is 11.6 Å². The number of methoxy groups -OCH3 is 1. The highest BCUT2D eigenvalue weighted by atomic mass is 31.2. The number of carbonyl (C=O) groups excluding carboxylic acids is 1. The molecule has 14 heteroatoms. The number of nitrogens with two attached hydrogens (primary N) is 1. The highest BCUT2D eigenvalue weighted by Crippen LogP contribution is 2.47. The highest BCUT2D eigenvalue weighted by Gasteiger charge is 2.49. The largest absolute Gasteiger partial charge is 0.468 e. The van der Waals surface area contributed by atoms with Crippen LogP contribution >= 0.6 is 7.75 Å². The standard InChI is InChI=1S/C20H27N4O9P/c1-11(19(27)30-3)23-34(29,33-13-7-5-4-6-8-13)32-12(2)17-15(25)16(26)18(31-17)24-10-9-14(21)22-20(24)28/h4-12,15-18,25-26H,1-3H3,(H,23,29)(H2,21,22,28)/t11-,12-,15-,16+,17+,18+,34?/m0/s1. The minimum Gasteiger partial charge on any atom is -0.468 e. The maximum Gasteiger partial charge on any atom is 0.459 e. The van der Waals surface area contributed by atoms with Crippen molar-refractivity contribution in [3.63, 3.8) is 0 Å². The van der Waals surface area contributed by atoms with E-state index in [1.54, 1.807) is 18.2 Å². The van der Waals surface area contributed by atoms with Gasteiger partial charge in [0.2, 0.25) is 0 Å². The number of nitrogens with one attached hydrogen (secondary N) is 1. The van der Waals surface area contributed by atoms with Gasteiger partial charge < -0.3 is 29.9 Å². The van der Waals surface area contributed by atoms with Gasteiger partial charge in [0.25, 0.3) is 0 Å². The molecule has 3 rings (SSSR count). The molecule has 34 heavy (non-hydrogen) atoms. The molecule has 186 valence electrons. The third-order valence-corrected chi connectivity index (χ3v) is 6.81. The number of rotatable bonds is 9. The molecule has 0 saturated carbocycles. The Morgan fingerprint density at radius 3 is 2.53 bits per heavy atom. The summed E-state index contributed by atoms with van der Waals surface area (Å²) < 4.78 is 36.0. The summed E-state index contributed by atoms with van der Waals surface area (Å²) in [6.07, 6.45) is -5.46. The van der Waals surface area contributed by atoms with E-state index in [1.807, 2.05) is 0 Å². The molecule has 1 aromatic carbocycles. The van der Waals surface area contributed by atoms with E-state index in [0.717, 1.165) is 4.57 Å². The lowest BCUT2D eigenvalue weighted by atomic mass is 10.1. The molecule has 0 radical (unpaired) electrons. The van der Waals surface area contributed by atoms with Gasteiger partial charge in [0.1, 0.15) is 35.9 Å². The zero-order valence-electron chi connectivity index (χ0n) is 18.7. The van der Waals surface area contributed by atoms with Crippen molar-refractivity contribution in [3.8, 4) is 5.75 Å². The van der Waals surface area contributed by atoms with Crippen molar-refractivity contribution in [2.24, 2.45) is 0 Å². The second-order valence-corrected chi connectivity index (χ2v) is 9.25. The number of benzene rings is 1. The van der Waals surface area contributed by atoms with Gasteiger partial charge in [0.05, 0.1) is 13.2 Å². The normalized spacial score (nSPS) is 25.8. The van der Waals surface area contributed by atoms with Crippen LogP contribution in [-0.2, 0) is 23.4 Å². The van der Waals surface area contributed by atoms with E-state index in [1.165, 1.54) is 45.4 Å². The van der Waals surface area contributed by atoms with E-state index >= 15 is 0 Å². The van der Waals surface area contributed by atoms with Crippen LogP contribution in [0.1, 0.15) is 20.1 Å². The lowest BCUT2D eigenvalue weighted by molar-refractivity contribution is -0.142. The molecule has 0 aliphatic carbocycles. The zero-order valence-corrected chi connectivity index (χ0v) is 19.6. The molecule has 1 saturated heterocycles. The van der Waals surface area contributed by atoms with Gasteiger partial charge in [-0.3, -0.25) is 13.9 Å². The van der Waals surface area contributed by atoms with Gasteiger partial charge in [-0.25, -0.2) is 9.36 Å². The van der Waals surface area contributed by atoms with Crippen molar-refractivity contribution in [1.82, 2.24) is 14.6 Å². The number of aromatic nitrogens is 2. The molecule has 1 aromatic heterocycles. The van der Waals surface area contributed by atoms with Crippen LogP contribution in [0.15, 0.2) is 47.4 Å². The fraction of sp³-hybridized carbons (Fsp3) is 0.450. The Hall–Kier alpha value is -2.80. The molecule has 7 atom stereocenters. The number of ether oxygens (including phenoxy) is 2. The average molecular weight is 498 g/mol. The minimum absolute atomic E-state index is 0.0210. The summed E-state index contributed by atoms with van der Waals surface area (Å²) in [4.78, 5) is 27.6. The first-order valence-corrected chi connectivity index (χ1v) is 11.8. The molecule has 5 N–H and O–H groups in total. The predicted octanol–water partition coefficient (Wildman–Crippen LogP) is 0.188. The van der Waals surface area contributed by atoms with E-state index in [0.29, 0.717) is 0 Å². The first-order valence-electron chi connectivity index (χ1n) is 10.3. The molecule has 2 heterocycles. The first-order chi connectivity index (χ1) is 16.0. The summed E-state index contributed by atoms with van der Waals surface area (Å²) in [6, 6.07) is 8.35. The van der Waals surface area contributed by atoms with Crippen LogP contribution in [0.2, 0.25) is 0 Å².